The van der Waals surface area contributed by atoms with Crippen LogP contribution in [0.4, 0.5) is 14.7 Å². The van der Waals surface area contributed by atoms with Crippen LogP contribution in [0.25, 0.3) is 0 Å². The first-order valence-corrected chi connectivity index (χ1v) is 7.56. The minimum absolute atomic E-state index is 0.151. The number of aromatic nitrogens is 2. The van der Waals surface area contributed by atoms with Crippen molar-refractivity contribution in [3.05, 3.63) is 46.6 Å². The molecule has 5 nitrogen and oxygen atoms in total. The lowest BCUT2D eigenvalue weighted by molar-refractivity contribution is 0.271. The average Bonchev–Trinajstić information content (AvgIpc) is 3.02. The topological polar surface area (TPSA) is 59.1 Å². The van der Waals surface area contributed by atoms with Gasteiger partial charge in [-0.05, 0) is 25.1 Å². The van der Waals surface area contributed by atoms with Crippen LogP contribution in [0.15, 0.2) is 24.4 Å². The Hall–Kier alpha value is -1.99. The molecule has 0 spiro atoms. The first-order chi connectivity index (χ1) is 11.1. The molecule has 1 aliphatic heterocycles. The smallest absolute Gasteiger partial charge is 0.255 e. The highest BCUT2D eigenvalue weighted by Gasteiger charge is 2.17. The van der Waals surface area contributed by atoms with Gasteiger partial charge in [0.1, 0.15) is 12.4 Å². The Morgan fingerprint density at radius 1 is 1.35 bits per heavy atom. The van der Waals surface area contributed by atoms with Crippen molar-refractivity contribution in [2.24, 2.45) is 0 Å². The van der Waals surface area contributed by atoms with E-state index in [4.69, 9.17) is 16.3 Å². The number of nitrogens with one attached hydrogen (secondary N) is 2. The third-order valence-corrected chi connectivity index (χ3v) is 3.72. The minimum atomic E-state index is -0.700. The van der Waals surface area contributed by atoms with Crippen LogP contribution >= 0.6 is 11.6 Å². The van der Waals surface area contributed by atoms with Gasteiger partial charge in [0.05, 0.1) is 6.20 Å². The highest BCUT2D eigenvalue weighted by molar-refractivity contribution is 6.30. The van der Waals surface area contributed by atoms with Crippen molar-refractivity contribution in [3.8, 4) is 5.88 Å². The number of hydrogen-bond donors (Lipinski definition) is 2. The lowest BCUT2D eigenvalue weighted by atomic mass is 10.2. The Bertz CT molecular complexity index is 695. The lowest BCUT2D eigenvalue weighted by Gasteiger charge is -2.12. The SMILES string of the molecule is Fc1cc(Cl)ccc1COc1nc(N[C@@H]2CCNC2)ncc1F. The minimum Gasteiger partial charge on any atom is -0.470 e. The molecule has 0 bridgehead atoms. The van der Waals surface area contributed by atoms with Crippen LogP contribution in [0.1, 0.15) is 12.0 Å². The van der Waals surface area contributed by atoms with Crippen molar-refractivity contribution in [2.75, 3.05) is 18.4 Å². The Labute approximate surface area is 137 Å². The maximum Gasteiger partial charge on any atom is 0.255 e. The summed E-state index contributed by atoms with van der Waals surface area (Å²) >= 11 is 5.69. The van der Waals surface area contributed by atoms with Gasteiger partial charge < -0.3 is 15.4 Å². The zero-order valence-corrected chi connectivity index (χ0v) is 12.9. The molecular formula is C15H15ClF2N4O. The van der Waals surface area contributed by atoms with E-state index in [1.807, 2.05) is 0 Å². The molecule has 2 heterocycles. The van der Waals surface area contributed by atoms with Gasteiger partial charge >= 0.3 is 0 Å². The van der Waals surface area contributed by atoms with Crippen molar-refractivity contribution < 1.29 is 13.5 Å². The Morgan fingerprint density at radius 3 is 2.96 bits per heavy atom. The normalized spacial score (nSPS) is 17.3. The van der Waals surface area contributed by atoms with Gasteiger partial charge in [-0.15, -0.1) is 0 Å². The molecule has 1 aromatic carbocycles. The Kier molecular flexibility index (Phi) is 4.88. The zero-order chi connectivity index (χ0) is 16.2. The largest absolute Gasteiger partial charge is 0.470 e. The number of nitrogens with zero attached hydrogens (tertiary/aromatic N) is 2. The van der Waals surface area contributed by atoms with Gasteiger partial charge in [0.25, 0.3) is 5.88 Å². The molecule has 2 N–H and O–H groups in total. The van der Waals surface area contributed by atoms with Crippen LogP contribution in [0, 0.1) is 11.6 Å². The van der Waals surface area contributed by atoms with Gasteiger partial charge in [-0.1, -0.05) is 17.7 Å². The Morgan fingerprint density at radius 2 is 2.22 bits per heavy atom. The summed E-state index contributed by atoms with van der Waals surface area (Å²) in [6.45, 7) is 1.56. The third-order valence-electron chi connectivity index (χ3n) is 3.48. The summed E-state index contributed by atoms with van der Waals surface area (Å²) < 4.78 is 32.7. The van der Waals surface area contributed by atoms with E-state index < -0.39 is 11.6 Å². The van der Waals surface area contributed by atoms with Gasteiger partial charge in [0, 0.05) is 23.2 Å². The fourth-order valence-corrected chi connectivity index (χ4v) is 2.43. The second-order valence-corrected chi connectivity index (χ2v) is 5.64. The molecule has 0 saturated carbocycles. The van der Waals surface area contributed by atoms with E-state index >= 15 is 0 Å². The molecule has 0 aliphatic carbocycles. The highest BCUT2D eigenvalue weighted by Crippen LogP contribution is 2.20. The molecular weight excluding hydrogens is 326 g/mol. The summed E-state index contributed by atoms with van der Waals surface area (Å²) in [5.41, 5.74) is 0.266. The van der Waals surface area contributed by atoms with E-state index in [0.29, 0.717) is 0 Å². The maximum atomic E-state index is 13.7. The summed E-state index contributed by atoms with van der Waals surface area (Å²) in [5.74, 6) is -1.15. The van der Waals surface area contributed by atoms with Crippen molar-refractivity contribution in [1.82, 2.24) is 15.3 Å². The zero-order valence-electron chi connectivity index (χ0n) is 12.2. The molecule has 23 heavy (non-hydrogen) atoms. The van der Waals surface area contributed by atoms with Crippen molar-refractivity contribution >= 4 is 17.5 Å². The first kappa shape index (κ1) is 15.9. The molecule has 8 heteroatoms. The fraction of sp³-hybridized carbons (Fsp3) is 0.333. The van der Waals surface area contributed by atoms with Gasteiger partial charge in [-0.25, -0.2) is 9.37 Å². The highest BCUT2D eigenvalue weighted by atomic mass is 35.5. The molecule has 0 radical (unpaired) electrons. The molecule has 1 aliphatic rings. The molecule has 122 valence electrons. The third kappa shape index (κ3) is 4.05. The van der Waals surface area contributed by atoms with E-state index in [0.717, 1.165) is 25.7 Å². The van der Waals surface area contributed by atoms with Crippen molar-refractivity contribution in [1.29, 1.82) is 0 Å². The van der Waals surface area contributed by atoms with Gasteiger partial charge in [0.15, 0.2) is 0 Å². The maximum absolute atomic E-state index is 13.7. The van der Waals surface area contributed by atoms with Gasteiger partial charge in [-0.2, -0.15) is 9.37 Å². The summed E-state index contributed by atoms with van der Waals surface area (Å²) in [5, 5.41) is 6.59. The predicted octanol–water partition coefficient (Wildman–Crippen LogP) is 2.76. The second-order valence-electron chi connectivity index (χ2n) is 5.21. The number of benzene rings is 1. The van der Waals surface area contributed by atoms with Crippen LogP contribution < -0.4 is 15.4 Å². The van der Waals surface area contributed by atoms with Crippen LogP contribution in [-0.2, 0) is 6.61 Å². The summed E-state index contributed by atoms with van der Waals surface area (Å²) in [4.78, 5) is 7.89. The standard InChI is InChI=1S/C15H15ClF2N4O/c16-10-2-1-9(12(17)5-10)8-23-14-13(18)7-20-15(22-14)21-11-3-4-19-6-11/h1-2,5,7,11,19H,3-4,6,8H2,(H,20,21,22)/t11-/m1/s1. The van der Waals surface area contributed by atoms with Gasteiger partial charge in [-0.3, -0.25) is 0 Å². The van der Waals surface area contributed by atoms with E-state index in [-0.39, 0.29) is 35.1 Å². The summed E-state index contributed by atoms with van der Waals surface area (Å²) in [7, 11) is 0. The molecule has 1 aromatic heterocycles. The Balaban J connectivity index is 1.68. The first-order valence-electron chi connectivity index (χ1n) is 7.18. The van der Waals surface area contributed by atoms with Crippen LogP contribution in [0.2, 0.25) is 5.02 Å². The van der Waals surface area contributed by atoms with E-state index in [1.54, 1.807) is 6.07 Å². The predicted molar refractivity (Wildman–Crippen MR) is 82.6 cm³/mol. The lowest BCUT2D eigenvalue weighted by Crippen LogP contribution is -2.23. The monoisotopic (exact) mass is 340 g/mol. The molecule has 0 amide bonds. The number of halogens is 3. The van der Waals surface area contributed by atoms with Crippen LogP contribution in [-0.4, -0.2) is 29.1 Å². The van der Waals surface area contributed by atoms with E-state index in [9.17, 15) is 8.78 Å². The summed E-state index contributed by atoms with van der Waals surface area (Å²) in [6.07, 6.45) is 1.97. The van der Waals surface area contributed by atoms with Crippen LogP contribution in [0.5, 0.6) is 5.88 Å². The molecule has 1 saturated heterocycles. The van der Waals surface area contributed by atoms with Crippen molar-refractivity contribution in [3.63, 3.8) is 0 Å². The van der Waals surface area contributed by atoms with Crippen LogP contribution in [0.3, 0.4) is 0 Å². The molecule has 1 atom stereocenters. The van der Waals surface area contributed by atoms with E-state index in [1.165, 1.54) is 12.1 Å². The molecule has 2 aromatic rings. The molecule has 1 fully saturated rings. The number of ether oxygens (including phenoxy) is 1. The average molecular weight is 341 g/mol. The molecule has 0 unspecified atom stereocenters. The number of hydrogen-bond acceptors (Lipinski definition) is 5. The van der Waals surface area contributed by atoms with Gasteiger partial charge in [0.2, 0.25) is 11.8 Å². The summed E-state index contributed by atoms with van der Waals surface area (Å²) in [6, 6.07) is 4.40. The number of rotatable bonds is 5. The van der Waals surface area contributed by atoms with Crippen molar-refractivity contribution in [2.45, 2.75) is 19.1 Å². The molecule has 3 rings (SSSR count). The van der Waals surface area contributed by atoms with E-state index in [2.05, 4.69) is 20.6 Å². The second kappa shape index (κ2) is 7.06. The quantitative estimate of drug-likeness (QED) is 0.876. The fourth-order valence-electron chi connectivity index (χ4n) is 2.27. The number of anilines is 1.